The molecular weight excluding hydrogens is 208 g/mol. The number of halogens is 1. The van der Waals surface area contributed by atoms with Crippen LogP contribution in [0, 0.1) is 5.92 Å². The van der Waals surface area contributed by atoms with Crippen LogP contribution in [0.15, 0.2) is 18.2 Å². The number of fused-ring (bicyclic) bond motifs is 1. The van der Waals surface area contributed by atoms with E-state index in [2.05, 4.69) is 19.1 Å². The number of hydrogen-bond acceptors (Lipinski definition) is 1. The first-order valence-electron chi connectivity index (χ1n) is 5.51. The molecule has 0 amide bonds. The topological polar surface area (TPSA) is 9.23 Å². The van der Waals surface area contributed by atoms with Gasteiger partial charge in [0, 0.05) is 0 Å². The molecule has 0 bridgehead atoms. The van der Waals surface area contributed by atoms with Crippen LogP contribution in [0.5, 0.6) is 5.75 Å². The quantitative estimate of drug-likeness (QED) is 0.692. The van der Waals surface area contributed by atoms with E-state index in [-0.39, 0.29) is 11.5 Å². The Bertz CT molecular complexity index is 360. The predicted octanol–water partition coefficient (Wildman–Crippen LogP) is 3.95. The first-order valence-corrected chi connectivity index (χ1v) is 5.95. The molecule has 0 fully saturated rings. The zero-order valence-electron chi connectivity index (χ0n) is 9.46. The highest BCUT2D eigenvalue weighted by atomic mass is 35.5. The van der Waals surface area contributed by atoms with Gasteiger partial charge in [-0.25, -0.2) is 0 Å². The lowest BCUT2D eigenvalue weighted by molar-refractivity contribution is 0.242. The van der Waals surface area contributed by atoms with E-state index in [1.54, 1.807) is 0 Å². The van der Waals surface area contributed by atoms with E-state index < -0.39 is 0 Å². The van der Waals surface area contributed by atoms with Crippen molar-refractivity contribution in [3.8, 4) is 5.75 Å². The highest BCUT2D eigenvalue weighted by Crippen LogP contribution is 2.41. The molecule has 0 heterocycles. The third kappa shape index (κ3) is 2.12. The normalized spacial score (nSPS) is 24.3. The molecule has 0 spiro atoms. The summed E-state index contributed by atoms with van der Waals surface area (Å²) in [5.41, 5.74) is 2.63. The van der Waals surface area contributed by atoms with E-state index in [4.69, 9.17) is 16.3 Å². The molecule has 1 nitrogen and oxygen atoms in total. The summed E-state index contributed by atoms with van der Waals surface area (Å²) in [5, 5.41) is 0.149. The van der Waals surface area contributed by atoms with Crippen molar-refractivity contribution in [3.05, 3.63) is 29.3 Å². The van der Waals surface area contributed by atoms with Crippen molar-refractivity contribution >= 4 is 11.6 Å². The molecule has 2 atom stereocenters. The minimum absolute atomic E-state index is 0.149. The van der Waals surface area contributed by atoms with Gasteiger partial charge in [0.25, 0.3) is 0 Å². The fourth-order valence-corrected chi connectivity index (χ4v) is 2.41. The lowest BCUT2D eigenvalue weighted by atomic mass is 10.1. The van der Waals surface area contributed by atoms with Crippen LogP contribution in [-0.2, 0) is 6.42 Å². The molecule has 1 aromatic rings. The van der Waals surface area contributed by atoms with Crippen LogP contribution in [0.3, 0.4) is 0 Å². The number of rotatable bonds is 2. The summed E-state index contributed by atoms with van der Waals surface area (Å²) in [6, 6.07) is 6.28. The van der Waals surface area contributed by atoms with Crippen LogP contribution < -0.4 is 4.74 Å². The predicted molar refractivity (Wildman–Crippen MR) is 63.7 cm³/mol. The van der Waals surface area contributed by atoms with Crippen molar-refractivity contribution in [2.24, 2.45) is 5.92 Å². The van der Waals surface area contributed by atoms with Crippen molar-refractivity contribution in [1.82, 2.24) is 0 Å². The molecular formula is C13H17ClO. The van der Waals surface area contributed by atoms with Gasteiger partial charge < -0.3 is 4.74 Å². The molecule has 0 aromatic heterocycles. The minimum Gasteiger partial charge on any atom is -0.491 e. The van der Waals surface area contributed by atoms with Gasteiger partial charge in [-0.15, -0.1) is 11.6 Å². The zero-order chi connectivity index (χ0) is 11.0. The standard InChI is InChI=1S/C13H17ClO/c1-8(2)15-11-5-4-10-6-9(3)13(14)12(10)7-11/h4-5,7-9,13H,6H2,1-3H3. The van der Waals surface area contributed by atoms with Gasteiger partial charge in [-0.05, 0) is 49.4 Å². The van der Waals surface area contributed by atoms with E-state index in [0.29, 0.717) is 5.92 Å². The van der Waals surface area contributed by atoms with Crippen molar-refractivity contribution in [3.63, 3.8) is 0 Å². The Morgan fingerprint density at radius 2 is 2.13 bits per heavy atom. The molecule has 0 saturated heterocycles. The van der Waals surface area contributed by atoms with Crippen LogP contribution in [0.25, 0.3) is 0 Å². The molecule has 15 heavy (non-hydrogen) atoms. The van der Waals surface area contributed by atoms with Gasteiger partial charge in [-0.3, -0.25) is 0 Å². The van der Waals surface area contributed by atoms with E-state index in [0.717, 1.165) is 12.2 Å². The van der Waals surface area contributed by atoms with E-state index in [1.807, 2.05) is 19.9 Å². The molecule has 2 heteroatoms. The first-order chi connectivity index (χ1) is 7.08. The summed E-state index contributed by atoms with van der Waals surface area (Å²) in [6.07, 6.45) is 1.31. The highest BCUT2D eigenvalue weighted by molar-refractivity contribution is 6.21. The molecule has 82 valence electrons. The van der Waals surface area contributed by atoms with Crippen LogP contribution in [-0.4, -0.2) is 6.10 Å². The summed E-state index contributed by atoms with van der Waals surface area (Å²) in [7, 11) is 0. The fourth-order valence-electron chi connectivity index (χ4n) is 2.12. The maximum Gasteiger partial charge on any atom is 0.120 e. The van der Waals surface area contributed by atoms with Gasteiger partial charge in [0.15, 0.2) is 0 Å². The maximum absolute atomic E-state index is 6.35. The average Bonchev–Trinajstić information content (AvgIpc) is 2.43. The smallest absolute Gasteiger partial charge is 0.120 e. The molecule has 2 unspecified atom stereocenters. The third-order valence-electron chi connectivity index (χ3n) is 2.83. The van der Waals surface area contributed by atoms with Gasteiger partial charge >= 0.3 is 0 Å². The number of ether oxygens (including phenoxy) is 1. The maximum atomic E-state index is 6.35. The second-order valence-electron chi connectivity index (χ2n) is 4.61. The minimum atomic E-state index is 0.149. The van der Waals surface area contributed by atoms with E-state index >= 15 is 0 Å². The summed E-state index contributed by atoms with van der Waals surface area (Å²) >= 11 is 6.35. The summed E-state index contributed by atoms with van der Waals surface area (Å²) in [6.45, 7) is 6.27. The van der Waals surface area contributed by atoms with Crippen molar-refractivity contribution in [2.45, 2.75) is 38.7 Å². The molecule has 0 saturated carbocycles. The van der Waals surface area contributed by atoms with Gasteiger partial charge in [0.1, 0.15) is 5.75 Å². The summed E-state index contributed by atoms with van der Waals surface area (Å²) in [4.78, 5) is 0. The number of benzene rings is 1. The second-order valence-corrected chi connectivity index (χ2v) is 5.08. The monoisotopic (exact) mass is 224 g/mol. The molecule has 1 aliphatic rings. The molecule has 0 aliphatic heterocycles. The van der Waals surface area contributed by atoms with Crippen molar-refractivity contribution in [1.29, 1.82) is 0 Å². The van der Waals surface area contributed by atoms with Gasteiger partial charge in [0.05, 0.1) is 11.5 Å². The average molecular weight is 225 g/mol. The van der Waals surface area contributed by atoms with Gasteiger partial charge in [-0.2, -0.15) is 0 Å². The summed E-state index contributed by atoms with van der Waals surface area (Å²) < 4.78 is 5.66. The zero-order valence-corrected chi connectivity index (χ0v) is 10.2. The van der Waals surface area contributed by atoms with Crippen molar-refractivity contribution < 1.29 is 4.74 Å². The largest absolute Gasteiger partial charge is 0.491 e. The van der Waals surface area contributed by atoms with Gasteiger partial charge in [0.2, 0.25) is 0 Å². The Kier molecular flexibility index (Phi) is 2.92. The Balaban J connectivity index is 2.27. The third-order valence-corrected chi connectivity index (χ3v) is 3.49. The molecule has 1 aliphatic carbocycles. The SMILES string of the molecule is CC(C)Oc1ccc2c(c1)C(Cl)C(C)C2. The van der Waals surface area contributed by atoms with E-state index in [9.17, 15) is 0 Å². The van der Waals surface area contributed by atoms with Crippen LogP contribution in [0.1, 0.15) is 37.3 Å². The summed E-state index contributed by atoms with van der Waals surface area (Å²) in [5.74, 6) is 1.47. The first kappa shape index (κ1) is 10.8. The Morgan fingerprint density at radius 3 is 2.80 bits per heavy atom. The molecule has 0 N–H and O–H groups in total. The highest BCUT2D eigenvalue weighted by Gasteiger charge is 2.27. The Morgan fingerprint density at radius 1 is 1.40 bits per heavy atom. The van der Waals surface area contributed by atoms with Crippen LogP contribution >= 0.6 is 11.6 Å². The molecule has 2 rings (SSSR count). The fraction of sp³-hybridized carbons (Fsp3) is 0.538. The molecule has 0 radical (unpaired) electrons. The lowest BCUT2D eigenvalue weighted by Gasteiger charge is -2.12. The Labute approximate surface area is 96.4 Å². The number of alkyl halides is 1. The van der Waals surface area contributed by atoms with Crippen LogP contribution in [0.4, 0.5) is 0 Å². The Hall–Kier alpha value is -0.690. The lowest BCUT2D eigenvalue weighted by Crippen LogP contribution is -2.05. The van der Waals surface area contributed by atoms with Crippen LogP contribution in [0.2, 0.25) is 0 Å². The van der Waals surface area contributed by atoms with Gasteiger partial charge in [-0.1, -0.05) is 13.0 Å². The second kappa shape index (κ2) is 4.05. The number of hydrogen-bond donors (Lipinski definition) is 0. The van der Waals surface area contributed by atoms with Crippen molar-refractivity contribution in [2.75, 3.05) is 0 Å². The molecule has 1 aromatic carbocycles. The van der Waals surface area contributed by atoms with E-state index in [1.165, 1.54) is 11.1 Å².